The van der Waals surface area contributed by atoms with Gasteiger partial charge in [-0.2, -0.15) is 0 Å². The van der Waals surface area contributed by atoms with E-state index < -0.39 is 0 Å². The molecule has 0 saturated carbocycles. The van der Waals surface area contributed by atoms with Gasteiger partial charge >= 0.3 is 0 Å². The number of rotatable bonds is 9. The van der Waals surface area contributed by atoms with Crippen LogP contribution < -0.4 is 5.32 Å². The van der Waals surface area contributed by atoms with Crippen LogP contribution in [0, 0.1) is 0 Å². The van der Waals surface area contributed by atoms with Crippen LogP contribution in [0.2, 0.25) is 0 Å². The summed E-state index contributed by atoms with van der Waals surface area (Å²) in [5.74, 6) is 1.19. The van der Waals surface area contributed by atoms with Crippen LogP contribution in [0.5, 0.6) is 0 Å². The van der Waals surface area contributed by atoms with Gasteiger partial charge in [-0.15, -0.1) is 23.1 Å². The summed E-state index contributed by atoms with van der Waals surface area (Å²) in [6.45, 7) is 4.57. The van der Waals surface area contributed by atoms with Gasteiger partial charge in [-0.05, 0) is 24.4 Å². The predicted octanol–water partition coefficient (Wildman–Crippen LogP) is 4.01. The maximum absolute atomic E-state index is 3.49. The van der Waals surface area contributed by atoms with E-state index >= 15 is 0 Å². The molecule has 1 heterocycles. The Kier molecular flexibility index (Phi) is 8.07. The van der Waals surface area contributed by atoms with Gasteiger partial charge in [0.1, 0.15) is 0 Å². The lowest BCUT2D eigenvalue weighted by Gasteiger charge is -2.03. The van der Waals surface area contributed by atoms with Crippen molar-refractivity contribution in [3.05, 3.63) is 17.5 Å². The Morgan fingerprint density at radius 1 is 1.27 bits per heavy atom. The molecule has 0 radical (unpaired) electrons. The van der Waals surface area contributed by atoms with Crippen molar-refractivity contribution in [1.82, 2.24) is 5.32 Å². The lowest BCUT2D eigenvalue weighted by Crippen LogP contribution is -2.18. The SMILES string of the molecule is CCCCCCNCCSc1cccs1. The van der Waals surface area contributed by atoms with Crippen LogP contribution >= 0.6 is 23.1 Å². The van der Waals surface area contributed by atoms with Gasteiger partial charge in [-0.1, -0.05) is 32.3 Å². The molecule has 0 aliphatic rings. The second-order valence-electron chi connectivity index (χ2n) is 3.59. The van der Waals surface area contributed by atoms with Gasteiger partial charge in [0.05, 0.1) is 4.21 Å². The van der Waals surface area contributed by atoms with Crippen molar-refractivity contribution in [3.8, 4) is 0 Å². The fourth-order valence-electron chi connectivity index (χ4n) is 1.37. The van der Waals surface area contributed by atoms with Gasteiger partial charge in [0.25, 0.3) is 0 Å². The molecule has 0 aliphatic carbocycles. The minimum absolute atomic E-state index is 1.13. The Morgan fingerprint density at radius 2 is 2.20 bits per heavy atom. The van der Waals surface area contributed by atoms with Crippen LogP contribution in [-0.2, 0) is 0 Å². The summed E-state index contributed by atoms with van der Waals surface area (Å²) in [4.78, 5) is 0. The Balaban J connectivity index is 1.81. The molecule has 0 unspecified atom stereocenters. The summed E-state index contributed by atoms with van der Waals surface area (Å²) in [5, 5.41) is 5.63. The van der Waals surface area contributed by atoms with Crippen molar-refractivity contribution >= 4 is 23.1 Å². The first-order valence-corrected chi connectivity index (χ1v) is 7.67. The highest BCUT2D eigenvalue weighted by atomic mass is 32.2. The quantitative estimate of drug-likeness (QED) is 0.519. The largest absolute Gasteiger partial charge is 0.316 e. The molecular formula is C12H21NS2. The molecule has 1 aromatic heterocycles. The summed E-state index contributed by atoms with van der Waals surface area (Å²) in [6, 6.07) is 4.31. The van der Waals surface area contributed by atoms with E-state index in [1.807, 2.05) is 23.1 Å². The molecule has 1 N–H and O–H groups in total. The van der Waals surface area contributed by atoms with E-state index in [1.54, 1.807) is 0 Å². The van der Waals surface area contributed by atoms with Gasteiger partial charge in [0.2, 0.25) is 0 Å². The first-order valence-electron chi connectivity index (χ1n) is 5.80. The van der Waals surface area contributed by atoms with Gasteiger partial charge in [0.15, 0.2) is 0 Å². The first kappa shape index (κ1) is 13.1. The Morgan fingerprint density at radius 3 is 2.93 bits per heavy atom. The Hall–Kier alpha value is 0.01000. The van der Waals surface area contributed by atoms with Crippen molar-refractivity contribution in [2.24, 2.45) is 0 Å². The molecule has 0 amide bonds. The lowest BCUT2D eigenvalue weighted by molar-refractivity contribution is 0.613. The number of hydrogen-bond donors (Lipinski definition) is 1. The fraction of sp³-hybridized carbons (Fsp3) is 0.667. The highest BCUT2D eigenvalue weighted by Gasteiger charge is 1.93. The van der Waals surface area contributed by atoms with Crippen LogP contribution in [0.4, 0.5) is 0 Å². The Labute approximate surface area is 102 Å². The molecule has 0 saturated heterocycles. The molecule has 0 bridgehead atoms. The molecular weight excluding hydrogens is 222 g/mol. The average molecular weight is 243 g/mol. The third-order valence-corrected chi connectivity index (χ3v) is 4.36. The maximum atomic E-state index is 3.49. The number of thioether (sulfide) groups is 1. The second kappa shape index (κ2) is 9.25. The highest BCUT2D eigenvalue weighted by Crippen LogP contribution is 2.22. The van der Waals surface area contributed by atoms with Crippen molar-refractivity contribution in [3.63, 3.8) is 0 Å². The van der Waals surface area contributed by atoms with Crippen molar-refractivity contribution in [2.45, 2.75) is 36.8 Å². The predicted molar refractivity (Wildman–Crippen MR) is 72.1 cm³/mol. The van der Waals surface area contributed by atoms with Crippen LogP contribution in [0.15, 0.2) is 21.7 Å². The van der Waals surface area contributed by atoms with Crippen molar-refractivity contribution in [1.29, 1.82) is 0 Å². The lowest BCUT2D eigenvalue weighted by atomic mass is 10.2. The zero-order valence-electron chi connectivity index (χ0n) is 9.50. The molecule has 0 aliphatic heterocycles. The smallest absolute Gasteiger partial charge is 0.0598 e. The number of hydrogen-bond acceptors (Lipinski definition) is 3. The van der Waals surface area contributed by atoms with Gasteiger partial charge in [-0.25, -0.2) is 0 Å². The van der Waals surface area contributed by atoms with Crippen molar-refractivity contribution < 1.29 is 0 Å². The maximum Gasteiger partial charge on any atom is 0.0598 e. The molecule has 1 nitrogen and oxygen atoms in total. The Bertz CT molecular complexity index is 222. The molecule has 3 heteroatoms. The minimum atomic E-state index is 1.13. The van der Waals surface area contributed by atoms with Crippen LogP contribution in [0.1, 0.15) is 32.6 Å². The minimum Gasteiger partial charge on any atom is -0.316 e. The summed E-state index contributed by atoms with van der Waals surface area (Å²) >= 11 is 3.78. The number of thiophene rings is 1. The third kappa shape index (κ3) is 6.98. The van der Waals surface area contributed by atoms with E-state index in [4.69, 9.17) is 0 Å². The molecule has 1 rings (SSSR count). The molecule has 1 aromatic rings. The molecule has 0 spiro atoms. The summed E-state index contributed by atoms with van der Waals surface area (Å²) in [6.07, 6.45) is 5.42. The van der Waals surface area contributed by atoms with E-state index in [9.17, 15) is 0 Å². The summed E-state index contributed by atoms with van der Waals surface area (Å²) in [5.41, 5.74) is 0. The fourth-order valence-corrected chi connectivity index (χ4v) is 3.13. The normalized spacial score (nSPS) is 10.7. The monoisotopic (exact) mass is 243 g/mol. The number of nitrogens with one attached hydrogen (secondary N) is 1. The molecule has 0 atom stereocenters. The molecule has 15 heavy (non-hydrogen) atoms. The van der Waals surface area contributed by atoms with E-state index in [0.717, 1.165) is 6.54 Å². The zero-order valence-corrected chi connectivity index (χ0v) is 11.1. The van der Waals surface area contributed by atoms with Crippen molar-refractivity contribution in [2.75, 3.05) is 18.8 Å². The first-order chi connectivity index (χ1) is 7.43. The second-order valence-corrected chi connectivity index (χ2v) is 5.93. The van der Waals surface area contributed by atoms with E-state index in [-0.39, 0.29) is 0 Å². The molecule has 86 valence electrons. The van der Waals surface area contributed by atoms with Gasteiger partial charge in [-0.3, -0.25) is 0 Å². The number of unbranched alkanes of at least 4 members (excludes halogenated alkanes) is 3. The summed E-state index contributed by atoms with van der Waals surface area (Å²) in [7, 11) is 0. The van der Waals surface area contributed by atoms with E-state index in [2.05, 4.69) is 29.8 Å². The van der Waals surface area contributed by atoms with Crippen LogP contribution in [-0.4, -0.2) is 18.8 Å². The van der Waals surface area contributed by atoms with Gasteiger partial charge in [0, 0.05) is 12.3 Å². The zero-order chi connectivity index (χ0) is 10.8. The summed E-state index contributed by atoms with van der Waals surface area (Å²) < 4.78 is 1.43. The standard InChI is InChI=1S/C12H21NS2/c1-2-3-4-5-8-13-9-11-15-12-7-6-10-14-12/h6-7,10,13H,2-5,8-9,11H2,1H3. The third-order valence-electron chi connectivity index (χ3n) is 2.23. The topological polar surface area (TPSA) is 12.0 Å². The van der Waals surface area contributed by atoms with Crippen LogP contribution in [0.25, 0.3) is 0 Å². The molecule has 0 fully saturated rings. The van der Waals surface area contributed by atoms with Crippen LogP contribution in [0.3, 0.4) is 0 Å². The average Bonchev–Trinajstić information content (AvgIpc) is 2.75. The van der Waals surface area contributed by atoms with E-state index in [0.29, 0.717) is 0 Å². The van der Waals surface area contributed by atoms with E-state index in [1.165, 1.54) is 42.2 Å². The van der Waals surface area contributed by atoms with Gasteiger partial charge < -0.3 is 5.32 Å². The highest BCUT2D eigenvalue weighted by molar-refractivity contribution is 8.01. The molecule has 0 aromatic carbocycles.